The van der Waals surface area contributed by atoms with E-state index in [0.29, 0.717) is 18.3 Å². The van der Waals surface area contributed by atoms with E-state index in [1.165, 1.54) is 29.2 Å². The first-order valence-corrected chi connectivity index (χ1v) is 6.28. The third-order valence-corrected chi connectivity index (χ3v) is 2.78. The van der Waals surface area contributed by atoms with Gasteiger partial charge in [0.2, 0.25) is 0 Å². The molecule has 1 N–H and O–H groups in total. The minimum Gasteiger partial charge on any atom is -0.478 e. The lowest BCUT2D eigenvalue weighted by Crippen LogP contribution is -2.23. The molecule has 0 atom stereocenters. The lowest BCUT2D eigenvalue weighted by atomic mass is 10.2. The number of carboxylic acid groups (broad SMARTS) is 1. The molecular weight excluding hydrogens is 260 g/mol. The average Bonchev–Trinajstić information content (AvgIpc) is 2.78. The number of pyridine rings is 1. The van der Waals surface area contributed by atoms with Crippen LogP contribution in [0.2, 0.25) is 0 Å². The first-order chi connectivity index (χ1) is 9.47. The zero-order valence-corrected chi connectivity index (χ0v) is 11.4. The Balaban J connectivity index is 2.30. The summed E-state index contributed by atoms with van der Waals surface area (Å²) in [5.41, 5.74) is -0.200. The van der Waals surface area contributed by atoms with Gasteiger partial charge in [0.05, 0.1) is 12.1 Å². The number of hydrogen-bond donors (Lipinski definition) is 1. The van der Waals surface area contributed by atoms with Crippen LogP contribution in [0.1, 0.15) is 30.0 Å². The summed E-state index contributed by atoms with van der Waals surface area (Å²) in [6.45, 7) is 5.01. The molecule has 0 spiro atoms. The number of hydrogen-bond acceptors (Lipinski definition) is 4. The molecule has 0 saturated heterocycles. The van der Waals surface area contributed by atoms with Gasteiger partial charge in [0.15, 0.2) is 0 Å². The third kappa shape index (κ3) is 3.11. The van der Waals surface area contributed by atoms with Gasteiger partial charge in [-0.3, -0.25) is 4.79 Å². The van der Waals surface area contributed by atoms with Crippen LogP contribution in [0, 0.1) is 5.92 Å². The van der Waals surface area contributed by atoms with E-state index in [2.05, 4.69) is 23.9 Å². The number of carboxylic acids is 1. The van der Waals surface area contributed by atoms with Gasteiger partial charge in [0.1, 0.15) is 12.2 Å². The van der Waals surface area contributed by atoms with Gasteiger partial charge in [-0.05, 0) is 12.0 Å². The largest absolute Gasteiger partial charge is 0.478 e. The van der Waals surface area contributed by atoms with Crippen LogP contribution in [-0.4, -0.2) is 30.4 Å². The molecule has 20 heavy (non-hydrogen) atoms. The highest BCUT2D eigenvalue weighted by Gasteiger charge is 2.10. The Labute approximate surface area is 115 Å². The van der Waals surface area contributed by atoms with E-state index in [4.69, 9.17) is 5.11 Å². The molecule has 0 bridgehead atoms. The van der Waals surface area contributed by atoms with Crippen molar-refractivity contribution in [1.29, 1.82) is 0 Å². The van der Waals surface area contributed by atoms with Crippen LogP contribution < -0.4 is 5.56 Å². The van der Waals surface area contributed by atoms with Crippen molar-refractivity contribution in [1.82, 2.24) is 19.3 Å². The summed E-state index contributed by atoms with van der Waals surface area (Å²) in [7, 11) is 0. The minimum atomic E-state index is -1.07. The lowest BCUT2D eigenvalue weighted by molar-refractivity contribution is 0.0696. The third-order valence-electron chi connectivity index (χ3n) is 2.78. The zero-order chi connectivity index (χ0) is 14.7. The van der Waals surface area contributed by atoms with Crippen LogP contribution in [0.5, 0.6) is 0 Å². The Morgan fingerprint density at radius 2 is 2.15 bits per heavy atom. The highest BCUT2D eigenvalue weighted by Crippen LogP contribution is 2.03. The van der Waals surface area contributed by atoms with Gasteiger partial charge >= 0.3 is 5.97 Å². The lowest BCUT2D eigenvalue weighted by Gasteiger charge is -2.10. The van der Waals surface area contributed by atoms with E-state index in [9.17, 15) is 9.59 Å². The van der Waals surface area contributed by atoms with Crippen molar-refractivity contribution in [3.8, 4) is 0 Å². The second-order valence-corrected chi connectivity index (χ2v) is 4.94. The van der Waals surface area contributed by atoms with Crippen molar-refractivity contribution in [3.63, 3.8) is 0 Å². The van der Waals surface area contributed by atoms with E-state index in [-0.39, 0.29) is 17.7 Å². The summed E-state index contributed by atoms with van der Waals surface area (Å²) >= 11 is 0. The smallest absolute Gasteiger partial charge is 0.337 e. The van der Waals surface area contributed by atoms with E-state index in [1.807, 2.05) is 0 Å². The molecular formula is C13H16N4O3. The predicted molar refractivity (Wildman–Crippen MR) is 71.6 cm³/mol. The molecule has 0 unspecified atom stereocenters. The summed E-state index contributed by atoms with van der Waals surface area (Å²) in [5.74, 6) is -0.0386. The Morgan fingerprint density at radius 3 is 2.80 bits per heavy atom. The SMILES string of the molecule is CC(C)Cn1ncnc1Cn1cc(C(=O)O)ccc1=O. The molecule has 2 rings (SSSR count). The van der Waals surface area contributed by atoms with Crippen molar-refractivity contribution in [2.24, 2.45) is 5.92 Å². The van der Waals surface area contributed by atoms with Crippen molar-refractivity contribution in [2.45, 2.75) is 26.9 Å². The molecule has 0 radical (unpaired) electrons. The second-order valence-electron chi connectivity index (χ2n) is 4.94. The molecule has 2 aromatic rings. The Kier molecular flexibility index (Phi) is 3.97. The second kappa shape index (κ2) is 5.68. The number of nitrogens with zero attached hydrogens (tertiary/aromatic N) is 4. The standard InChI is InChI=1S/C13H16N4O3/c1-9(2)5-17-11(14-8-15-17)7-16-6-10(13(19)20)3-4-12(16)18/h3-4,6,8-9H,5,7H2,1-2H3,(H,19,20). The fourth-order valence-electron chi connectivity index (χ4n) is 1.84. The normalized spacial score (nSPS) is 10.9. The van der Waals surface area contributed by atoms with Crippen molar-refractivity contribution in [3.05, 3.63) is 46.4 Å². The van der Waals surface area contributed by atoms with E-state index < -0.39 is 5.97 Å². The van der Waals surface area contributed by atoms with Crippen molar-refractivity contribution >= 4 is 5.97 Å². The summed E-state index contributed by atoms with van der Waals surface area (Å²) in [6.07, 6.45) is 2.75. The molecule has 2 heterocycles. The first-order valence-electron chi connectivity index (χ1n) is 6.28. The average molecular weight is 276 g/mol. The maximum Gasteiger partial charge on any atom is 0.337 e. The topological polar surface area (TPSA) is 90.0 Å². The van der Waals surface area contributed by atoms with Gasteiger partial charge in [0, 0.05) is 18.8 Å². The Bertz CT molecular complexity index is 672. The molecule has 0 amide bonds. The molecule has 0 aromatic carbocycles. The molecule has 0 aliphatic rings. The minimum absolute atomic E-state index is 0.0690. The molecule has 0 aliphatic carbocycles. The Morgan fingerprint density at radius 1 is 1.40 bits per heavy atom. The van der Waals surface area contributed by atoms with Gasteiger partial charge in [-0.25, -0.2) is 14.5 Å². The molecule has 7 nitrogen and oxygen atoms in total. The molecule has 0 saturated carbocycles. The Hall–Kier alpha value is -2.44. The van der Waals surface area contributed by atoms with E-state index in [1.54, 1.807) is 4.68 Å². The first kappa shape index (κ1) is 14.0. The zero-order valence-electron chi connectivity index (χ0n) is 11.4. The number of rotatable bonds is 5. The van der Waals surface area contributed by atoms with Gasteiger partial charge in [-0.15, -0.1) is 0 Å². The van der Waals surface area contributed by atoms with Gasteiger partial charge in [0.25, 0.3) is 5.56 Å². The maximum absolute atomic E-state index is 11.8. The highest BCUT2D eigenvalue weighted by atomic mass is 16.4. The van der Waals surface area contributed by atoms with E-state index >= 15 is 0 Å². The molecule has 2 aromatic heterocycles. The van der Waals surface area contributed by atoms with Crippen molar-refractivity contribution < 1.29 is 9.90 Å². The van der Waals surface area contributed by atoms with Crippen LogP contribution in [0.3, 0.4) is 0 Å². The molecule has 106 valence electrons. The number of aromatic nitrogens is 4. The summed E-state index contributed by atoms with van der Waals surface area (Å²) in [6, 6.07) is 2.53. The van der Waals surface area contributed by atoms with E-state index in [0.717, 1.165) is 0 Å². The highest BCUT2D eigenvalue weighted by molar-refractivity contribution is 5.87. The van der Waals surface area contributed by atoms with Crippen LogP contribution >= 0.6 is 0 Å². The summed E-state index contributed by atoms with van der Waals surface area (Å²) in [5, 5.41) is 13.1. The predicted octanol–water partition coefficient (Wildman–Crippen LogP) is 0.842. The fourth-order valence-corrected chi connectivity index (χ4v) is 1.84. The van der Waals surface area contributed by atoms with Gasteiger partial charge in [-0.1, -0.05) is 13.8 Å². The summed E-state index contributed by atoms with van der Waals surface area (Å²) < 4.78 is 3.05. The summed E-state index contributed by atoms with van der Waals surface area (Å²) in [4.78, 5) is 26.8. The van der Waals surface area contributed by atoms with Crippen LogP contribution in [-0.2, 0) is 13.1 Å². The molecule has 0 fully saturated rings. The monoisotopic (exact) mass is 276 g/mol. The molecule has 0 aliphatic heterocycles. The van der Waals surface area contributed by atoms with Gasteiger partial charge in [-0.2, -0.15) is 5.10 Å². The van der Waals surface area contributed by atoms with Crippen LogP contribution in [0.15, 0.2) is 29.5 Å². The number of carbonyl (C=O) groups is 1. The van der Waals surface area contributed by atoms with Crippen LogP contribution in [0.25, 0.3) is 0 Å². The molecule has 7 heteroatoms. The van der Waals surface area contributed by atoms with Crippen molar-refractivity contribution in [2.75, 3.05) is 0 Å². The quantitative estimate of drug-likeness (QED) is 0.874. The maximum atomic E-state index is 11.8. The van der Waals surface area contributed by atoms with Gasteiger partial charge < -0.3 is 9.67 Å². The fraction of sp³-hybridized carbons (Fsp3) is 0.385. The number of aromatic carboxylic acids is 1. The van der Waals surface area contributed by atoms with Crippen LogP contribution in [0.4, 0.5) is 0 Å².